The van der Waals surface area contributed by atoms with Crippen LogP contribution in [0.4, 0.5) is 0 Å². The minimum atomic E-state index is 0.774. The Morgan fingerprint density at radius 3 is 2.67 bits per heavy atom. The highest BCUT2D eigenvalue weighted by atomic mass is 35.5. The number of halogens is 1. The molecule has 4 rings (SSSR count). The molecule has 1 nitrogen and oxygen atoms in total. The molecule has 0 aliphatic heterocycles. The highest BCUT2D eigenvalue weighted by molar-refractivity contribution is 6.30. The highest BCUT2D eigenvalue weighted by Gasteiger charge is 2.21. The fourth-order valence-electron chi connectivity index (χ4n) is 3.50. The summed E-state index contributed by atoms with van der Waals surface area (Å²) in [5.74, 6) is 1.92. The molecule has 0 atom stereocenters. The van der Waals surface area contributed by atoms with Gasteiger partial charge in [-0.3, -0.25) is 0 Å². The summed E-state index contributed by atoms with van der Waals surface area (Å²) in [6.07, 6.45) is 4.20. The fraction of sp³-hybridized carbons (Fsp3) is 0.182. The number of furan rings is 1. The molecule has 24 heavy (non-hydrogen) atoms. The SMILES string of the molecule is CCc1ccc2c(c1-c1cccc(Cl)c1)C=C(c1ccc(C)o1)C2. The second-order valence-corrected chi connectivity index (χ2v) is 6.73. The van der Waals surface area contributed by atoms with E-state index in [0.717, 1.165) is 29.4 Å². The number of hydrogen-bond acceptors (Lipinski definition) is 1. The number of aryl methyl sites for hydroxylation is 2. The molecule has 120 valence electrons. The molecule has 1 aromatic heterocycles. The van der Waals surface area contributed by atoms with E-state index in [1.165, 1.54) is 33.4 Å². The molecular formula is C22H19ClO. The summed E-state index contributed by atoms with van der Waals surface area (Å²) < 4.78 is 5.83. The van der Waals surface area contributed by atoms with E-state index in [9.17, 15) is 0 Å². The molecule has 0 radical (unpaired) electrons. The second-order valence-electron chi connectivity index (χ2n) is 6.29. The van der Waals surface area contributed by atoms with Gasteiger partial charge in [0.15, 0.2) is 0 Å². The van der Waals surface area contributed by atoms with E-state index in [1.807, 2.05) is 25.1 Å². The molecule has 0 unspecified atom stereocenters. The zero-order chi connectivity index (χ0) is 16.7. The number of allylic oxidation sites excluding steroid dienone is 1. The van der Waals surface area contributed by atoms with Crippen LogP contribution < -0.4 is 0 Å². The van der Waals surface area contributed by atoms with Crippen molar-refractivity contribution < 1.29 is 4.42 Å². The number of rotatable bonds is 3. The maximum Gasteiger partial charge on any atom is 0.130 e. The molecule has 0 bridgehead atoms. The first kappa shape index (κ1) is 15.3. The van der Waals surface area contributed by atoms with Crippen LogP contribution in [0.2, 0.25) is 5.02 Å². The third kappa shape index (κ3) is 2.59. The van der Waals surface area contributed by atoms with Crippen molar-refractivity contribution in [1.82, 2.24) is 0 Å². The van der Waals surface area contributed by atoms with Crippen LogP contribution in [0, 0.1) is 6.92 Å². The van der Waals surface area contributed by atoms with Crippen LogP contribution in [0.25, 0.3) is 22.8 Å². The first-order valence-electron chi connectivity index (χ1n) is 8.34. The van der Waals surface area contributed by atoms with E-state index in [4.69, 9.17) is 16.0 Å². The smallest absolute Gasteiger partial charge is 0.130 e. The van der Waals surface area contributed by atoms with Crippen molar-refractivity contribution in [2.24, 2.45) is 0 Å². The van der Waals surface area contributed by atoms with E-state index in [-0.39, 0.29) is 0 Å². The molecule has 1 aliphatic carbocycles. The van der Waals surface area contributed by atoms with Crippen LogP contribution in [0.3, 0.4) is 0 Å². The molecule has 0 saturated carbocycles. The Kier molecular flexibility index (Phi) is 3.82. The number of benzene rings is 2. The van der Waals surface area contributed by atoms with E-state index in [0.29, 0.717) is 0 Å². The summed E-state index contributed by atoms with van der Waals surface area (Å²) in [5.41, 5.74) is 7.74. The van der Waals surface area contributed by atoms with Gasteiger partial charge >= 0.3 is 0 Å². The zero-order valence-corrected chi connectivity index (χ0v) is 14.7. The maximum atomic E-state index is 6.24. The third-order valence-corrected chi connectivity index (χ3v) is 4.91. The van der Waals surface area contributed by atoms with Crippen molar-refractivity contribution in [3.63, 3.8) is 0 Å². The van der Waals surface area contributed by atoms with Crippen LogP contribution >= 0.6 is 11.6 Å². The predicted molar refractivity (Wildman–Crippen MR) is 101 cm³/mol. The Hall–Kier alpha value is -2.25. The number of hydrogen-bond donors (Lipinski definition) is 0. The van der Waals surface area contributed by atoms with Crippen molar-refractivity contribution >= 4 is 23.3 Å². The predicted octanol–water partition coefficient (Wildman–Crippen LogP) is 6.57. The van der Waals surface area contributed by atoms with Gasteiger partial charge in [-0.1, -0.05) is 42.8 Å². The summed E-state index contributed by atoms with van der Waals surface area (Å²) in [5, 5.41) is 0.774. The summed E-state index contributed by atoms with van der Waals surface area (Å²) in [7, 11) is 0. The van der Waals surface area contributed by atoms with Crippen LogP contribution in [0.15, 0.2) is 52.9 Å². The van der Waals surface area contributed by atoms with E-state index in [1.54, 1.807) is 0 Å². The summed E-state index contributed by atoms with van der Waals surface area (Å²) in [6, 6.07) is 16.7. The van der Waals surface area contributed by atoms with Gasteiger partial charge in [0.05, 0.1) is 0 Å². The Morgan fingerprint density at radius 1 is 1.08 bits per heavy atom. The topological polar surface area (TPSA) is 13.1 Å². The number of fused-ring (bicyclic) bond motifs is 1. The quantitative estimate of drug-likeness (QED) is 0.528. The molecule has 1 heterocycles. The van der Waals surface area contributed by atoms with Gasteiger partial charge in [0.2, 0.25) is 0 Å². The first-order valence-corrected chi connectivity index (χ1v) is 8.71. The maximum absolute atomic E-state index is 6.24. The molecular weight excluding hydrogens is 316 g/mol. The molecule has 1 aliphatic rings. The monoisotopic (exact) mass is 334 g/mol. The lowest BCUT2D eigenvalue weighted by Crippen LogP contribution is -1.94. The van der Waals surface area contributed by atoms with Crippen molar-refractivity contribution in [3.05, 3.63) is 81.8 Å². The summed E-state index contributed by atoms with van der Waals surface area (Å²) in [6.45, 7) is 4.18. The first-order chi connectivity index (χ1) is 11.7. The molecule has 0 fully saturated rings. The zero-order valence-electron chi connectivity index (χ0n) is 13.9. The fourth-order valence-corrected chi connectivity index (χ4v) is 3.69. The minimum absolute atomic E-state index is 0.774. The van der Waals surface area contributed by atoms with Gasteiger partial charge < -0.3 is 4.42 Å². The van der Waals surface area contributed by atoms with Gasteiger partial charge in [0, 0.05) is 11.4 Å². The molecule has 0 spiro atoms. The molecule has 0 N–H and O–H groups in total. The normalized spacial score (nSPS) is 13.0. The average Bonchev–Trinajstić information content (AvgIpc) is 3.19. The molecule has 3 aromatic rings. The molecule has 0 amide bonds. The van der Waals surface area contributed by atoms with Crippen LogP contribution in [-0.4, -0.2) is 0 Å². The van der Waals surface area contributed by atoms with Crippen molar-refractivity contribution in [2.75, 3.05) is 0 Å². The lowest BCUT2D eigenvalue weighted by atomic mass is 9.91. The van der Waals surface area contributed by atoms with E-state index >= 15 is 0 Å². The standard InChI is InChI=1S/C22H19ClO/c1-3-15-8-9-16-11-18(21-10-7-14(2)24-21)13-20(16)22(15)17-5-4-6-19(23)12-17/h4-10,12-13H,3,11H2,1-2H3. The van der Waals surface area contributed by atoms with Crippen LogP contribution in [0.5, 0.6) is 0 Å². The van der Waals surface area contributed by atoms with Gasteiger partial charge in [-0.05, 0) is 77.1 Å². The highest BCUT2D eigenvalue weighted by Crippen LogP contribution is 2.40. The Morgan fingerprint density at radius 2 is 1.96 bits per heavy atom. The third-order valence-electron chi connectivity index (χ3n) is 4.67. The van der Waals surface area contributed by atoms with Crippen molar-refractivity contribution in [3.8, 4) is 11.1 Å². The second kappa shape index (κ2) is 5.99. The average molecular weight is 335 g/mol. The van der Waals surface area contributed by atoms with E-state index < -0.39 is 0 Å². The minimum Gasteiger partial charge on any atom is -0.462 e. The van der Waals surface area contributed by atoms with Gasteiger partial charge in [0.25, 0.3) is 0 Å². The van der Waals surface area contributed by atoms with Gasteiger partial charge in [0.1, 0.15) is 11.5 Å². The summed E-state index contributed by atoms with van der Waals surface area (Å²) >= 11 is 6.24. The largest absolute Gasteiger partial charge is 0.462 e. The lowest BCUT2D eigenvalue weighted by molar-refractivity contribution is 0.521. The molecule has 0 saturated heterocycles. The van der Waals surface area contributed by atoms with Gasteiger partial charge in [-0.25, -0.2) is 0 Å². The lowest BCUT2D eigenvalue weighted by Gasteiger charge is -2.13. The van der Waals surface area contributed by atoms with Gasteiger partial charge in [-0.15, -0.1) is 0 Å². The summed E-state index contributed by atoms with van der Waals surface area (Å²) in [4.78, 5) is 0. The van der Waals surface area contributed by atoms with E-state index in [2.05, 4.69) is 43.3 Å². The van der Waals surface area contributed by atoms with Crippen molar-refractivity contribution in [1.29, 1.82) is 0 Å². The van der Waals surface area contributed by atoms with Crippen molar-refractivity contribution in [2.45, 2.75) is 26.7 Å². The molecule has 2 heteroatoms. The Balaban J connectivity index is 1.89. The van der Waals surface area contributed by atoms with Gasteiger partial charge in [-0.2, -0.15) is 0 Å². The molecule has 2 aromatic carbocycles. The van der Waals surface area contributed by atoms with Crippen LogP contribution in [-0.2, 0) is 12.8 Å². The van der Waals surface area contributed by atoms with Crippen LogP contribution in [0.1, 0.15) is 35.1 Å². The Labute approximate surface area is 147 Å². The Bertz CT molecular complexity index is 946.